The Balaban J connectivity index is 1.65. The fourth-order valence-corrected chi connectivity index (χ4v) is 3.27. The summed E-state index contributed by atoms with van der Waals surface area (Å²) in [4.78, 5) is 21.7. The fraction of sp³-hybridized carbons (Fsp3) is 0.467. The van der Waals surface area contributed by atoms with Crippen LogP contribution in [0.4, 0.5) is 0 Å². The number of carbonyl (C=O) groups excluding carboxylic acids is 1. The van der Waals surface area contributed by atoms with Crippen LogP contribution in [0.5, 0.6) is 5.75 Å². The summed E-state index contributed by atoms with van der Waals surface area (Å²) in [5.41, 5.74) is 1.84. The number of carbonyl (C=O) groups is 1. The minimum Gasteiger partial charge on any atom is -0.494 e. The molecule has 0 saturated carbocycles. The van der Waals surface area contributed by atoms with Gasteiger partial charge < -0.3 is 14.6 Å². The van der Waals surface area contributed by atoms with Crippen molar-refractivity contribution in [1.29, 1.82) is 0 Å². The maximum absolute atomic E-state index is 12.0. The number of imidazole rings is 1. The summed E-state index contributed by atoms with van der Waals surface area (Å²) in [6.45, 7) is 4.41. The highest BCUT2D eigenvalue weighted by molar-refractivity contribution is 7.99. The number of likely N-dealkylation sites (tertiary alicyclic amines) is 1. The topological polar surface area (TPSA) is 58.2 Å². The second-order valence-electron chi connectivity index (χ2n) is 5.03. The summed E-state index contributed by atoms with van der Waals surface area (Å²) >= 11 is 1.46. The molecule has 1 N–H and O–H groups in total. The Kier molecular flexibility index (Phi) is 4.34. The van der Waals surface area contributed by atoms with Gasteiger partial charge in [0.1, 0.15) is 5.75 Å². The average molecular weight is 305 g/mol. The number of fused-ring (bicyclic) bond motifs is 1. The normalized spacial score (nSPS) is 14.8. The van der Waals surface area contributed by atoms with Crippen LogP contribution < -0.4 is 4.74 Å². The Morgan fingerprint density at radius 2 is 2.24 bits per heavy atom. The largest absolute Gasteiger partial charge is 0.494 e. The number of nitrogens with zero attached hydrogens (tertiary/aromatic N) is 2. The van der Waals surface area contributed by atoms with Crippen molar-refractivity contribution in [3.8, 4) is 5.75 Å². The Labute approximate surface area is 128 Å². The minimum absolute atomic E-state index is 0.202. The van der Waals surface area contributed by atoms with Crippen LogP contribution in [0.1, 0.15) is 19.8 Å². The number of rotatable bonds is 5. The van der Waals surface area contributed by atoms with Crippen molar-refractivity contribution in [2.45, 2.75) is 24.9 Å². The summed E-state index contributed by atoms with van der Waals surface area (Å²) < 4.78 is 5.47. The highest BCUT2D eigenvalue weighted by atomic mass is 32.2. The van der Waals surface area contributed by atoms with Gasteiger partial charge in [-0.25, -0.2) is 4.98 Å². The van der Waals surface area contributed by atoms with Crippen molar-refractivity contribution in [3.05, 3.63) is 18.2 Å². The van der Waals surface area contributed by atoms with Crippen LogP contribution in [0.2, 0.25) is 0 Å². The average Bonchev–Trinajstić information content (AvgIpc) is 3.13. The molecule has 0 bridgehead atoms. The number of thioether (sulfide) groups is 1. The standard InChI is InChI=1S/C15H19N3O2S/c1-2-20-11-5-6-12-13(9-11)17-15(16-12)21-10-14(19)18-7-3-4-8-18/h5-6,9H,2-4,7-8,10H2,1H3,(H,16,17). The van der Waals surface area contributed by atoms with E-state index >= 15 is 0 Å². The number of benzene rings is 1. The van der Waals surface area contributed by atoms with E-state index in [0.29, 0.717) is 12.4 Å². The van der Waals surface area contributed by atoms with Crippen molar-refractivity contribution < 1.29 is 9.53 Å². The molecular weight excluding hydrogens is 286 g/mol. The molecule has 1 aliphatic rings. The minimum atomic E-state index is 0.202. The van der Waals surface area contributed by atoms with Crippen molar-refractivity contribution in [3.63, 3.8) is 0 Å². The first-order chi connectivity index (χ1) is 10.3. The van der Waals surface area contributed by atoms with Crippen molar-refractivity contribution in [2.75, 3.05) is 25.4 Å². The molecule has 0 aliphatic carbocycles. The molecular formula is C15H19N3O2S. The van der Waals surface area contributed by atoms with E-state index in [1.165, 1.54) is 11.8 Å². The number of hydrogen-bond donors (Lipinski definition) is 1. The van der Waals surface area contributed by atoms with E-state index in [1.807, 2.05) is 30.0 Å². The molecule has 1 aliphatic heterocycles. The van der Waals surface area contributed by atoms with E-state index in [4.69, 9.17) is 4.74 Å². The quantitative estimate of drug-likeness (QED) is 0.863. The second-order valence-corrected chi connectivity index (χ2v) is 5.99. The van der Waals surface area contributed by atoms with Gasteiger partial charge in [0.2, 0.25) is 5.91 Å². The summed E-state index contributed by atoms with van der Waals surface area (Å²) in [6.07, 6.45) is 2.25. The number of aromatic nitrogens is 2. The molecule has 3 rings (SSSR count). The van der Waals surface area contributed by atoms with Crippen molar-refractivity contribution in [1.82, 2.24) is 14.9 Å². The molecule has 2 heterocycles. The first-order valence-corrected chi connectivity index (χ1v) is 8.28. The van der Waals surface area contributed by atoms with Crippen LogP contribution in [0, 0.1) is 0 Å². The smallest absolute Gasteiger partial charge is 0.233 e. The Hall–Kier alpha value is -1.69. The Bertz CT molecular complexity index is 635. The number of H-pyrrole nitrogens is 1. The third kappa shape index (κ3) is 3.32. The van der Waals surface area contributed by atoms with Gasteiger partial charge in [-0.15, -0.1) is 0 Å². The number of hydrogen-bond acceptors (Lipinski definition) is 4. The third-order valence-electron chi connectivity index (χ3n) is 3.53. The van der Waals surface area contributed by atoms with E-state index in [9.17, 15) is 4.79 Å². The van der Waals surface area contributed by atoms with Gasteiger partial charge in [-0.2, -0.15) is 0 Å². The highest BCUT2D eigenvalue weighted by Crippen LogP contribution is 2.23. The van der Waals surface area contributed by atoms with E-state index in [0.717, 1.165) is 47.9 Å². The van der Waals surface area contributed by atoms with E-state index in [-0.39, 0.29) is 5.91 Å². The monoisotopic (exact) mass is 305 g/mol. The molecule has 0 radical (unpaired) electrons. The highest BCUT2D eigenvalue weighted by Gasteiger charge is 2.18. The zero-order valence-corrected chi connectivity index (χ0v) is 12.9. The zero-order chi connectivity index (χ0) is 14.7. The van der Waals surface area contributed by atoms with E-state index in [1.54, 1.807) is 0 Å². The first-order valence-electron chi connectivity index (χ1n) is 7.29. The molecule has 0 unspecified atom stereocenters. The molecule has 1 aromatic heterocycles. The molecule has 1 saturated heterocycles. The Morgan fingerprint density at radius 3 is 3.00 bits per heavy atom. The van der Waals surface area contributed by atoms with Gasteiger partial charge in [0.25, 0.3) is 0 Å². The molecule has 0 atom stereocenters. The maximum atomic E-state index is 12.0. The molecule has 1 amide bonds. The van der Waals surface area contributed by atoms with Gasteiger partial charge in [-0.3, -0.25) is 4.79 Å². The molecule has 2 aromatic rings. The molecule has 1 aromatic carbocycles. The van der Waals surface area contributed by atoms with Gasteiger partial charge in [0.05, 0.1) is 23.4 Å². The number of ether oxygens (including phenoxy) is 1. The lowest BCUT2D eigenvalue weighted by Crippen LogP contribution is -2.29. The number of nitrogens with one attached hydrogen (secondary N) is 1. The molecule has 6 heteroatoms. The van der Waals surface area contributed by atoms with Gasteiger partial charge in [-0.1, -0.05) is 11.8 Å². The fourth-order valence-electron chi connectivity index (χ4n) is 2.48. The van der Waals surface area contributed by atoms with Gasteiger partial charge in [0.15, 0.2) is 5.16 Å². The predicted octanol–water partition coefficient (Wildman–Crippen LogP) is 2.68. The van der Waals surface area contributed by atoms with Gasteiger partial charge in [-0.05, 0) is 31.9 Å². The lowest BCUT2D eigenvalue weighted by Gasteiger charge is -2.13. The lowest BCUT2D eigenvalue weighted by atomic mass is 10.3. The predicted molar refractivity (Wildman–Crippen MR) is 83.8 cm³/mol. The number of amides is 1. The molecule has 1 fully saturated rings. The van der Waals surface area contributed by atoms with Crippen molar-refractivity contribution >= 4 is 28.7 Å². The lowest BCUT2D eigenvalue weighted by molar-refractivity contribution is -0.127. The SMILES string of the molecule is CCOc1ccc2nc(SCC(=O)N3CCCC3)[nH]c2c1. The molecule has 112 valence electrons. The second kappa shape index (κ2) is 6.39. The summed E-state index contributed by atoms with van der Waals surface area (Å²) in [5, 5.41) is 0.784. The maximum Gasteiger partial charge on any atom is 0.233 e. The molecule has 5 nitrogen and oxygen atoms in total. The van der Waals surface area contributed by atoms with E-state index in [2.05, 4.69) is 9.97 Å². The van der Waals surface area contributed by atoms with Crippen LogP contribution in [0.25, 0.3) is 11.0 Å². The Morgan fingerprint density at radius 1 is 1.43 bits per heavy atom. The zero-order valence-electron chi connectivity index (χ0n) is 12.1. The van der Waals surface area contributed by atoms with Crippen LogP contribution in [-0.4, -0.2) is 46.2 Å². The van der Waals surface area contributed by atoms with E-state index < -0.39 is 0 Å². The number of aromatic amines is 1. The van der Waals surface area contributed by atoms with Crippen LogP contribution in [-0.2, 0) is 4.79 Å². The van der Waals surface area contributed by atoms with Crippen LogP contribution in [0.15, 0.2) is 23.4 Å². The summed E-state index contributed by atoms with van der Waals surface area (Å²) in [7, 11) is 0. The van der Waals surface area contributed by atoms with Crippen molar-refractivity contribution in [2.24, 2.45) is 0 Å². The molecule has 21 heavy (non-hydrogen) atoms. The van der Waals surface area contributed by atoms with Crippen LogP contribution >= 0.6 is 11.8 Å². The third-order valence-corrected chi connectivity index (χ3v) is 4.39. The summed E-state index contributed by atoms with van der Waals surface area (Å²) in [6, 6.07) is 5.79. The molecule has 0 spiro atoms. The first kappa shape index (κ1) is 14.3. The van der Waals surface area contributed by atoms with Crippen LogP contribution in [0.3, 0.4) is 0 Å². The van der Waals surface area contributed by atoms with Gasteiger partial charge >= 0.3 is 0 Å². The summed E-state index contributed by atoms with van der Waals surface area (Å²) in [5.74, 6) is 1.48. The van der Waals surface area contributed by atoms with Gasteiger partial charge in [0, 0.05) is 19.2 Å².